The lowest BCUT2D eigenvalue weighted by molar-refractivity contribution is -0.137. The van der Waals surface area contributed by atoms with Crippen molar-refractivity contribution in [3.8, 4) is 0 Å². The number of hydrogen-bond donors (Lipinski definition) is 1. The van der Waals surface area contributed by atoms with Gasteiger partial charge in [-0.05, 0) is 32.6 Å². The Hall–Kier alpha value is -1.03. The van der Waals surface area contributed by atoms with E-state index in [1.54, 1.807) is 6.20 Å². The van der Waals surface area contributed by atoms with Gasteiger partial charge in [-0.15, -0.1) is 0 Å². The molecular weight excluding hydrogens is 192 g/mol. The summed E-state index contributed by atoms with van der Waals surface area (Å²) in [6.45, 7) is 2.24. The maximum absolute atomic E-state index is 11.1. The van der Waals surface area contributed by atoms with E-state index in [0.717, 1.165) is 0 Å². The maximum atomic E-state index is 11.1. The normalized spacial score (nSPS) is 23.4. The number of carbonyl (C=O) groups is 1. The Morgan fingerprint density at radius 1 is 1.47 bits per heavy atom. The first-order valence-electron chi connectivity index (χ1n) is 5.69. The molecule has 1 N–H and O–H groups in total. The van der Waals surface area contributed by atoms with Crippen molar-refractivity contribution in [3.05, 3.63) is 12.3 Å². The van der Waals surface area contributed by atoms with Gasteiger partial charge in [-0.1, -0.05) is 6.42 Å². The molecule has 2 rings (SSSR count). The molecule has 84 valence electrons. The lowest BCUT2D eigenvalue weighted by atomic mass is 9.93. The van der Waals surface area contributed by atoms with Crippen LogP contribution in [-0.2, 0) is 9.53 Å². The van der Waals surface area contributed by atoms with Crippen LogP contribution in [0.15, 0.2) is 12.3 Å². The molecule has 15 heavy (non-hydrogen) atoms. The van der Waals surface area contributed by atoms with Crippen molar-refractivity contribution >= 4 is 5.97 Å². The van der Waals surface area contributed by atoms with Gasteiger partial charge in [0.2, 0.25) is 0 Å². The molecule has 0 bridgehead atoms. The Bertz CT molecular complexity index is 270. The zero-order valence-electron chi connectivity index (χ0n) is 9.16. The first-order valence-corrected chi connectivity index (χ1v) is 5.69. The van der Waals surface area contributed by atoms with Crippen LogP contribution in [0.4, 0.5) is 0 Å². The van der Waals surface area contributed by atoms with Gasteiger partial charge in [0.15, 0.2) is 0 Å². The van der Waals surface area contributed by atoms with Gasteiger partial charge in [0, 0.05) is 12.3 Å². The number of esters is 1. The van der Waals surface area contributed by atoms with Crippen molar-refractivity contribution in [1.29, 1.82) is 0 Å². The van der Waals surface area contributed by atoms with Gasteiger partial charge in [0.1, 0.15) is 5.66 Å². The topological polar surface area (TPSA) is 51.2 Å². The van der Waals surface area contributed by atoms with Crippen LogP contribution in [0.3, 0.4) is 0 Å². The van der Waals surface area contributed by atoms with Crippen LogP contribution in [0, 0.1) is 0 Å². The summed E-state index contributed by atoms with van der Waals surface area (Å²) in [6.07, 6.45) is 9.52. The van der Waals surface area contributed by atoms with E-state index in [9.17, 15) is 4.79 Å². The third-order valence-electron chi connectivity index (χ3n) is 3.07. The maximum Gasteiger partial charge on any atom is 0.332 e. The molecule has 4 nitrogen and oxygen atoms in total. The predicted molar refractivity (Wildman–Crippen MR) is 56.6 cm³/mol. The van der Waals surface area contributed by atoms with E-state index in [1.807, 2.05) is 11.9 Å². The summed E-state index contributed by atoms with van der Waals surface area (Å²) in [5.41, 5.74) is 3.49. The number of carbonyl (C=O) groups excluding carboxylic acids is 1. The lowest BCUT2D eigenvalue weighted by Gasteiger charge is -2.18. The van der Waals surface area contributed by atoms with Gasteiger partial charge in [0.25, 0.3) is 0 Å². The van der Waals surface area contributed by atoms with Crippen molar-refractivity contribution in [3.63, 3.8) is 0 Å². The molecule has 0 unspecified atom stereocenters. The zero-order valence-corrected chi connectivity index (χ0v) is 9.16. The molecule has 2 fully saturated rings. The molecule has 1 heterocycles. The molecule has 0 atom stereocenters. The number of nitrogens with zero attached hydrogens (tertiary/aromatic N) is 1. The molecule has 1 spiro atoms. The van der Waals surface area contributed by atoms with E-state index in [-0.39, 0.29) is 11.6 Å². The predicted octanol–water partition coefficient (Wildman–Crippen LogP) is 1.54. The number of hydrazine groups is 1. The zero-order chi connectivity index (χ0) is 10.7. The van der Waals surface area contributed by atoms with Gasteiger partial charge >= 0.3 is 5.97 Å². The van der Waals surface area contributed by atoms with Crippen molar-refractivity contribution in [1.82, 2.24) is 10.4 Å². The first kappa shape index (κ1) is 10.5. The summed E-state index contributed by atoms with van der Waals surface area (Å²) in [6, 6.07) is 0. The van der Waals surface area contributed by atoms with Crippen LogP contribution in [0.1, 0.15) is 39.0 Å². The highest BCUT2D eigenvalue weighted by atomic mass is 16.5. The summed E-state index contributed by atoms with van der Waals surface area (Å²) >= 11 is 0. The number of ether oxygens (including phenoxy) is 1. The average Bonchev–Trinajstić information content (AvgIpc) is 2.90. The van der Waals surface area contributed by atoms with Crippen molar-refractivity contribution in [2.45, 2.75) is 44.7 Å². The number of hydrogen-bond acceptors (Lipinski definition) is 4. The van der Waals surface area contributed by atoms with E-state index in [1.165, 1.54) is 38.2 Å². The van der Waals surface area contributed by atoms with E-state index >= 15 is 0 Å². The second-order valence-electron chi connectivity index (χ2n) is 4.14. The minimum Gasteiger partial charge on any atom is -0.463 e. The van der Waals surface area contributed by atoms with Crippen molar-refractivity contribution < 1.29 is 9.53 Å². The molecule has 1 saturated heterocycles. The summed E-state index contributed by atoms with van der Waals surface area (Å²) < 4.78 is 4.82. The van der Waals surface area contributed by atoms with Gasteiger partial charge < -0.3 is 4.74 Å². The smallest absolute Gasteiger partial charge is 0.332 e. The van der Waals surface area contributed by atoms with E-state index in [2.05, 4.69) is 5.43 Å². The fourth-order valence-electron chi connectivity index (χ4n) is 2.19. The molecule has 0 radical (unpaired) electrons. The Morgan fingerprint density at radius 3 is 2.87 bits per heavy atom. The minimum atomic E-state index is -0.267. The lowest BCUT2D eigenvalue weighted by Crippen LogP contribution is -2.21. The third kappa shape index (κ3) is 2.31. The molecule has 0 aromatic heterocycles. The average molecular weight is 210 g/mol. The van der Waals surface area contributed by atoms with Gasteiger partial charge in [-0.3, -0.25) is 5.01 Å². The number of nitrogens with one attached hydrogen (secondary N) is 1. The van der Waals surface area contributed by atoms with E-state index in [0.29, 0.717) is 6.61 Å². The fraction of sp³-hybridized carbons (Fsp3) is 0.727. The number of rotatable bonds is 3. The van der Waals surface area contributed by atoms with E-state index < -0.39 is 0 Å². The van der Waals surface area contributed by atoms with Gasteiger partial charge in [0.05, 0.1) is 6.61 Å². The van der Waals surface area contributed by atoms with Crippen LogP contribution in [-0.4, -0.2) is 23.2 Å². The van der Waals surface area contributed by atoms with Gasteiger partial charge in [-0.2, -0.15) is 0 Å². The van der Waals surface area contributed by atoms with E-state index in [4.69, 9.17) is 4.74 Å². The molecule has 1 aliphatic carbocycles. The summed E-state index contributed by atoms with van der Waals surface area (Å²) in [7, 11) is 0. The molecule has 4 heteroatoms. The van der Waals surface area contributed by atoms with Gasteiger partial charge in [-0.25, -0.2) is 10.2 Å². The fourth-order valence-corrected chi connectivity index (χ4v) is 2.19. The summed E-state index contributed by atoms with van der Waals surface area (Å²) in [5.74, 6) is -0.267. The summed E-state index contributed by atoms with van der Waals surface area (Å²) in [4.78, 5) is 11.1. The first-order chi connectivity index (χ1) is 7.27. The molecule has 0 aromatic carbocycles. The molecule has 0 aromatic rings. The molecular formula is C11H18N2O2. The van der Waals surface area contributed by atoms with Crippen LogP contribution in [0.25, 0.3) is 0 Å². The van der Waals surface area contributed by atoms with Crippen molar-refractivity contribution in [2.75, 3.05) is 6.61 Å². The Morgan fingerprint density at radius 2 is 2.20 bits per heavy atom. The van der Waals surface area contributed by atoms with Crippen LogP contribution in [0.5, 0.6) is 0 Å². The monoisotopic (exact) mass is 210 g/mol. The Kier molecular flexibility index (Phi) is 2.95. The molecule has 1 aliphatic heterocycles. The highest BCUT2D eigenvalue weighted by Gasteiger charge is 2.49. The second-order valence-corrected chi connectivity index (χ2v) is 4.14. The highest BCUT2D eigenvalue weighted by molar-refractivity contribution is 5.81. The standard InChI is InChI=1S/C11H18N2O2/c1-2-15-10(14)6-9-13-11(12-13)7-4-3-5-8-11/h6,9,12H,2-5,7-8H2,1H3/b9-6+. The Balaban J connectivity index is 1.80. The van der Waals surface area contributed by atoms with Crippen LogP contribution >= 0.6 is 0 Å². The molecule has 0 amide bonds. The molecule has 1 saturated carbocycles. The van der Waals surface area contributed by atoms with Crippen molar-refractivity contribution in [2.24, 2.45) is 0 Å². The quantitative estimate of drug-likeness (QED) is 0.436. The second kappa shape index (κ2) is 4.23. The minimum absolute atomic E-state index is 0.168. The Labute approximate surface area is 90.2 Å². The SMILES string of the molecule is CCOC(=O)/C=C/N1NC12CCCCC2. The molecule has 2 aliphatic rings. The highest BCUT2D eigenvalue weighted by Crippen LogP contribution is 2.39. The summed E-state index contributed by atoms with van der Waals surface area (Å²) in [5, 5.41) is 2.03. The largest absolute Gasteiger partial charge is 0.463 e. The third-order valence-corrected chi connectivity index (χ3v) is 3.07. The van der Waals surface area contributed by atoms with Crippen LogP contribution < -0.4 is 5.43 Å². The van der Waals surface area contributed by atoms with Crippen LogP contribution in [0.2, 0.25) is 0 Å².